The summed E-state index contributed by atoms with van der Waals surface area (Å²) in [6.45, 7) is 8.07. The highest BCUT2D eigenvalue weighted by Gasteiger charge is 2.09. The van der Waals surface area contributed by atoms with E-state index in [-0.39, 0.29) is 6.04 Å². The fourth-order valence-electron chi connectivity index (χ4n) is 2.05. The molecule has 0 aliphatic carbocycles. The van der Waals surface area contributed by atoms with Crippen LogP contribution in [0.3, 0.4) is 0 Å². The molecule has 0 fully saturated rings. The summed E-state index contributed by atoms with van der Waals surface area (Å²) >= 11 is 0. The largest absolute Gasteiger partial charge is 0.468 e. The summed E-state index contributed by atoms with van der Waals surface area (Å²) in [5.41, 5.74) is 0. The summed E-state index contributed by atoms with van der Waals surface area (Å²) < 4.78 is 10.7. The average Bonchev–Trinajstić information content (AvgIpc) is 3.10. The monoisotopic (exact) mass is 262 g/mol. The van der Waals surface area contributed by atoms with Crippen molar-refractivity contribution in [2.45, 2.75) is 26.4 Å². The third kappa shape index (κ3) is 4.26. The number of likely N-dealkylation sites (N-methyl/N-ethyl adjacent to an activating group) is 1. The van der Waals surface area contributed by atoms with Crippen molar-refractivity contribution in [3.63, 3.8) is 0 Å². The highest BCUT2D eigenvalue weighted by molar-refractivity contribution is 5.03. The van der Waals surface area contributed by atoms with Gasteiger partial charge in [0.25, 0.3) is 0 Å². The molecule has 0 amide bonds. The van der Waals surface area contributed by atoms with E-state index in [9.17, 15) is 0 Å². The van der Waals surface area contributed by atoms with Crippen molar-refractivity contribution in [2.75, 3.05) is 19.6 Å². The molecule has 0 aliphatic heterocycles. The second-order valence-electron chi connectivity index (χ2n) is 4.64. The van der Waals surface area contributed by atoms with Crippen LogP contribution in [0.4, 0.5) is 0 Å². The molecule has 2 rings (SSSR count). The first kappa shape index (κ1) is 13.9. The maximum Gasteiger partial charge on any atom is 0.120 e. The van der Waals surface area contributed by atoms with Gasteiger partial charge < -0.3 is 14.2 Å². The lowest BCUT2D eigenvalue weighted by Gasteiger charge is -2.20. The van der Waals surface area contributed by atoms with Crippen LogP contribution in [0, 0.1) is 0 Å². The van der Waals surface area contributed by atoms with Gasteiger partial charge in [-0.25, -0.2) is 0 Å². The highest BCUT2D eigenvalue weighted by Crippen LogP contribution is 2.11. The standard InChI is InChI=1S/C15H22N2O2/c1-3-17(12-14-6-4-10-18-14)9-8-16-13(2)15-7-5-11-19-15/h4-7,10-11,13,16H,3,8-9,12H2,1-2H3. The third-order valence-electron chi connectivity index (χ3n) is 3.26. The molecule has 4 heteroatoms. The molecule has 1 N–H and O–H groups in total. The lowest BCUT2D eigenvalue weighted by Crippen LogP contribution is -2.32. The molecule has 1 atom stereocenters. The van der Waals surface area contributed by atoms with Gasteiger partial charge in [-0.1, -0.05) is 6.92 Å². The molecule has 0 aliphatic rings. The molecule has 2 aromatic rings. The van der Waals surface area contributed by atoms with Crippen molar-refractivity contribution in [2.24, 2.45) is 0 Å². The zero-order chi connectivity index (χ0) is 13.5. The van der Waals surface area contributed by atoms with Crippen molar-refractivity contribution in [1.82, 2.24) is 10.2 Å². The second-order valence-corrected chi connectivity index (χ2v) is 4.64. The Bertz CT molecular complexity index is 437. The van der Waals surface area contributed by atoms with Gasteiger partial charge in [0.15, 0.2) is 0 Å². The van der Waals surface area contributed by atoms with Crippen molar-refractivity contribution in [3.05, 3.63) is 48.3 Å². The van der Waals surface area contributed by atoms with Gasteiger partial charge in [-0.15, -0.1) is 0 Å². The minimum atomic E-state index is 0.248. The Hall–Kier alpha value is -1.52. The number of hydrogen-bond acceptors (Lipinski definition) is 4. The molecule has 0 spiro atoms. The molecular weight excluding hydrogens is 240 g/mol. The minimum absolute atomic E-state index is 0.248. The van der Waals surface area contributed by atoms with Crippen LogP contribution < -0.4 is 5.32 Å². The predicted molar refractivity (Wildman–Crippen MR) is 74.8 cm³/mol. The summed E-state index contributed by atoms with van der Waals surface area (Å²) in [7, 11) is 0. The molecule has 0 bridgehead atoms. The first-order valence-electron chi connectivity index (χ1n) is 6.81. The van der Waals surface area contributed by atoms with Gasteiger partial charge in [-0.2, -0.15) is 0 Å². The molecule has 1 unspecified atom stereocenters. The number of furan rings is 2. The lowest BCUT2D eigenvalue weighted by molar-refractivity contribution is 0.251. The molecule has 0 saturated heterocycles. The third-order valence-corrected chi connectivity index (χ3v) is 3.26. The van der Waals surface area contributed by atoms with Crippen LogP contribution in [-0.2, 0) is 6.54 Å². The molecule has 0 aromatic carbocycles. The van der Waals surface area contributed by atoms with Gasteiger partial charge in [-0.05, 0) is 37.7 Å². The van der Waals surface area contributed by atoms with E-state index in [1.807, 2.05) is 24.3 Å². The average molecular weight is 262 g/mol. The Morgan fingerprint density at radius 2 is 2.00 bits per heavy atom. The zero-order valence-electron chi connectivity index (χ0n) is 11.6. The summed E-state index contributed by atoms with van der Waals surface area (Å²) in [4.78, 5) is 2.35. The zero-order valence-corrected chi connectivity index (χ0v) is 11.6. The van der Waals surface area contributed by atoms with E-state index in [2.05, 4.69) is 24.1 Å². The molecular formula is C15H22N2O2. The first-order chi connectivity index (χ1) is 9.29. The Balaban J connectivity index is 1.71. The summed E-state index contributed by atoms with van der Waals surface area (Å²) in [6.07, 6.45) is 3.43. The second kappa shape index (κ2) is 7.16. The Kier molecular flexibility index (Phi) is 5.24. The van der Waals surface area contributed by atoms with Gasteiger partial charge in [0.05, 0.1) is 25.1 Å². The van der Waals surface area contributed by atoms with E-state index >= 15 is 0 Å². The van der Waals surface area contributed by atoms with Crippen LogP contribution in [0.1, 0.15) is 31.4 Å². The fraction of sp³-hybridized carbons (Fsp3) is 0.467. The molecule has 0 radical (unpaired) electrons. The van der Waals surface area contributed by atoms with Crippen molar-refractivity contribution in [1.29, 1.82) is 0 Å². The maximum absolute atomic E-state index is 5.38. The van der Waals surface area contributed by atoms with E-state index < -0.39 is 0 Å². The molecule has 4 nitrogen and oxygen atoms in total. The van der Waals surface area contributed by atoms with Crippen molar-refractivity contribution >= 4 is 0 Å². The Morgan fingerprint density at radius 3 is 2.63 bits per heavy atom. The first-order valence-corrected chi connectivity index (χ1v) is 6.81. The Labute approximate surface area is 114 Å². The van der Waals surface area contributed by atoms with Crippen molar-refractivity contribution < 1.29 is 8.83 Å². The van der Waals surface area contributed by atoms with E-state index in [4.69, 9.17) is 8.83 Å². The summed E-state index contributed by atoms with van der Waals surface area (Å²) in [5, 5.41) is 3.46. The van der Waals surface area contributed by atoms with E-state index in [1.165, 1.54) is 0 Å². The maximum atomic E-state index is 5.38. The van der Waals surface area contributed by atoms with Crippen LogP contribution >= 0.6 is 0 Å². The molecule has 0 saturated carbocycles. The predicted octanol–water partition coefficient (Wildman–Crippen LogP) is 3.05. The smallest absolute Gasteiger partial charge is 0.120 e. The topological polar surface area (TPSA) is 41.5 Å². The molecule has 104 valence electrons. The van der Waals surface area contributed by atoms with E-state index in [0.29, 0.717) is 0 Å². The normalized spacial score (nSPS) is 13.0. The van der Waals surface area contributed by atoms with E-state index in [1.54, 1.807) is 12.5 Å². The van der Waals surface area contributed by atoms with Crippen LogP contribution in [0.25, 0.3) is 0 Å². The summed E-state index contributed by atoms with van der Waals surface area (Å²) in [6, 6.07) is 8.11. The number of nitrogens with zero attached hydrogens (tertiary/aromatic N) is 1. The van der Waals surface area contributed by atoms with Gasteiger partial charge in [0.1, 0.15) is 11.5 Å². The van der Waals surface area contributed by atoms with Crippen LogP contribution in [0.5, 0.6) is 0 Å². The lowest BCUT2D eigenvalue weighted by atomic mass is 10.2. The molecule has 2 heterocycles. The quantitative estimate of drug-likeness (QED) is 0.794. The van der Waals surface area contributed by atoms with Crippen LogP contribution in [0.2, 0.25) is 0 Å². The SMILES string of the molecule is CCN(CCNC(C)c1ccco1)Cc1ccco1. The van der Waals surface area contributed by atoms with Gasteiger partial charge in [-0.3, -0.25) is 4.90 Å². The van der Waals surface area contributed by atoms with E-state index in [0.717, 1.165) is 37.7 Å². The Morgan fingerprint density at radius 1 is 1.21 bits per heavy atom. The molecule has 2 aromatic heterocycles. The fourth-order valence-corrected chi connectivity index (χ4v) is 2.05. The number of rotatable bonds is 8. The molecule has 19 heavy (non-hydrogen) atoms. The number of hydrogen-bond donors (Lipinski definition) is 1. The van der Waals surface area contributed by atoms with Gasteiger partial charge >= 0.3 is 0 Å². The van der Waals surface area contributed by atoms with Crippen LogP contribution in [0.15, 0.2) is 45.6 Å². The van der Waals surface area contributed by atoms with Gasteiger partial charge in [0.2, 0.25) is 0 Å². The summed E-state index contributed by atoms with van der Waals surface area (Å²) in [5.74, 6) is 2.00. The van der Waals surface area contributed by atoms with Gasteiger partial charge in [0, 0.05) is 13.1 Å². The minimum Gasteiger partial charge on any atom is -0.468 e. The number of nitrogens with one attached hydrogen (secondary N) is 1. The van der Waals surface area contributed by atoms with Crippen molar-refractivity contribution in [3.8, 4) is 0 Å². The van der Waals surface area contributed by atoms with Crippen LogP contribution in [-0.4, -0.2) is 24.5 Å². The highest BCUT2D eigenvalue weighted by atomic mass is 16.3.